The van der Waals surface area contributed by atoms with Crippen molar-refractivity contribution in [2.24, 2.45) is 0 Å². The molecule has 0 atom stereocenters. The van der Waals surface area contributed by atoms with Gasteiger partial charge >= 0.3 is 0 Å². The summed E-state index contributed by atoms with van der Waals surface area (Å²) in [7, 11) is 0. The molecule has 0 saturated carbocycles. The Hall–Kier alpha value is -2.24. The van der Waals surface area contributed by atoms with Gasteiger partial charge < -0.3 is 4.42 Å². The molecule has 18 heavy (non-hydrogen) atoms. The Kier molecular flexibility index (Phi) is 2.99. The highest BCUT2D eigenvalue weighted by molar-refractivity contribution is 7.15. The summed E-state index contributed by atoms with van der Waals surface area (Å²) in [5, 5.41) is 0. The fourth-order valence-corrected chi connectivity index (χ4v) is 2.44. The zero-order valence-corrected chi connectivity index (χ0v) is 10.4. The third-order valence-electron chi connectivity index (χ3n) is 2.47. The molecular weight excluding hydrogens is 240 g/mol. The molecule has 0 aliphatic carbocycles. The maximum Gasteiger partial charge on any atom is 0.143 e. The molecular formula is C16H10OS. The third-order valence-corrected chi connectivity index (χ3v) is 3.49. The van der Waals surface area contributed by atoms with E-state index in [-0.39, 0.29) is 0 Å². The molecule has 0 N–H and O–H groups in total. The first kappa shape index (κ1) is 10.9. The predicted octanol–water partition coefficient (Wildman–Crippen LogP) is 4.41. The summed E-state index contributed by atoms with van der Waals surface area (Å²) in [4.78, 5) is 2.16. The summed E-state index contributed by atoms with van der Waals surface area (Å²) in [6, 6.07) is 17.9. The van der Waals surface area contributed by atoms with E-state index in [4.69, 9.17) is 4.42 Å². The van der Waals surface area contributed by atoms with Crippen LogP contribution in [-0.4, -0.2) is 0 Å². The molecule has 0 bridgehead atoms. The van der Waals surface area contributed by atoms with Gasteiger partial charge in [-0.25, -0.2) is 0 Å². The minimum absolute atomic E-state index is 0.896. The molecule has 3 rings (SSSR count). The molecule has 2 heterocycles. The molecule has 0 spiro atoms. The first-order valence-electron chi connectivity index (χ1n) is 5.62. The van der Waals surface area contributed by atoms with Crippen molar-refractivity contribution in [3.8, 4) is 22.5 Å². The molecule has 0 saturated heterocycles. The summed E-state index contributed by atoms with van der Waals surface area (Å²) in [6.07, 6.45) is 1.68. The average molecular weight is 250 g/mol. The van der Waals surface area contributed by atoms with Gasteiger partial charge in [0, 0.05) is 5.56 Å². The Labute approximate surface area is 110 Å². The van der Waals surface area contributed by atoms with Gasteiger partial charge in [-0.05, 0) is 36.4 Å². The van der Waals surface area contributed by atoms with E-state index in [2.05, 4.69) is 11.8 Å². The van der Waals surface area contributed by atoms with Crippen LogP contribution in [-0.2, 0) is 0 Å². The predicted molar refractivity (Wildman–Crippen MR) is 74.4 cm³/mol. The number of rotatable bonds is 1. The summed E-state index contributed by atoms with van der Waals surface area (Å²) in [6.45, 7) is 0. The summed E-state index contributed by atoms with van der Waals surface area (Å²) < 4.78 is 5.36. The van der Waals surface area contributed by atoms with Crippen LogP contribution in [0.5, 0.6) is 0 Å². The number of hydrogen-bond donors (Lipinski definition) is 0. The van der Waals surface area contributed by atoms with Crippen molar-refractivity contribution < 1.29 is 4.42 Å². The lowest BCUT2D eigenvalue weighted by Crippen LogP contribution is -1.70. The molecule has 0 fully saturated rings. The van der Waals surface area contributed by atoms with E-state index in [1.165, 1.54) is 0 Å². The Bertz CT molecular complexity index is 682. The van der Waals surface area contributed by atoms with Crippen LogP contribution < -0.4 is 0 Å². The van der Waals surface area contributed by atoms with Gasteiger partial charge in [0.25, 0.3) is 0 Å². The molecule has 0 aliphatic rings. The maximum atomic E-state index is 5.36. The monoisotopic (exact) mass is 250 g/mol. The topological polar surface area (TPSA) is 13.1 Å². The van der Waals surface area contributed by atoms with Crippen molar-refractivity contribution >= 4 is 11.3 Å². The SMILES string of the molecule is C(#Cc1ccc(-c2ccco2)s1)c1ccccc1. The second kappa shape index (κ2) is 4.95. The summed E-state index contributed by atoms with van der Waals surface area (Å²) in [5.41, 5.74) is 1.03. The van der Waals surface area contributed by atoms with Gasteiger partial charge in [0.15, 0.2) is 0 Å². The van der Waals surface area contributed by atoms with Gasteiger partial charge in [-0.1, -0.05) is 30.0 Å². The van der Waals surface area contributed by atoms with Crippen molar-refractivity contribution in [2.75, 3.05) is 0 Å². The molecule has 1 nitrogen and oxygen atoms in total. The van der Waals surface area contributed by atoms with E-state index in [0.29, 0.717) is 0 Å². The fourth-order valence-electron chi connectivity index (χ4n) is 1.61. The quantitative estimate of drug-likeness (QED) is 0.583. The molecule has 2 aromatic heterocycles. The van der Waals surface area contributed by atoms with Crippen LogP contribution in [0.25, 0.3) is 10.6 Å². The van der Waals surface area contributed by atoms with Crippen LogP contribution in [0.1, 0.15) is 10.4 Å². The normalized spacial score (nSPS) is 9.78. The molecule has 1 aromatic carbocycles. The molecule has 0 unspecified atom stereocenters. The van der Waals surface area contributed by atoms with Crippen molar-refractivity contribution in [1.82, 2.24) is 0 Å². The van der Waals surface area contributed by atoms with Crippen molar-refractivity contribution in [1.29, 1.82) is 0 Å². The minimum Gasteiger partial charge on any atom is -0.464 e. The van der Waals surface area contributed by atoms with Gasteiger partial charge in [0.2, 0.25) is 0 Å². The van der Waals surface area contributed by atoms with E-state index in [0.717, 1.165) is 21.1 Å². The number of furan rings is 1. The lowest BCUT2D eigenvalue weighted by atomic mass is 10.2. The number of hydrogen-bond acceptors (Lipinski definition) is 2. The van der Waals surface area contributed by atoms with Crippen LogP contribution in [0.15, 0.2) is 65.3 Å². The Balaban J connectivity index is 1.85. The largest absolute Gasteiger partial charge is 0.464 e. The van der Waals surface area contributed by atoms with Gasteiger partial charge in [0.05, 0.1) is 16.0 Å². The van der Waals surface area contributed by atoms with E-state index in [1.54, 1.807) is 17.6 Å². The smallest absolute Gasteiger partial charge is 0.143 e. The van der Waals surface area contributed by atoms with Crippen molar-refractivity contribution in [3.63, 3.8) is 0 Å². The lowest BCUT2D eigenvalue weighted by Gasteiger charge is -1.87. The minimum atomic E-state index is 0.896. The van der Waals surface area contributed by atoms with Crippen molar-refractivity contribution in [2.45, 2.75) is 0 Å². The van der Waals surface area contributed by atoms with Crippen LogP contribution in [0.4, 0.5) is 0 Å². The summed E-state index contributed by atoms with van der Waals surface area (Å²) in [5.74, 6) is 7.22. The standard InChI is InChI=1S/C16H10OS/c1-2-5-13(6-3-1)8-9-14-10-11-16(18-14)15-7-4-12-17-15/h1-7,10-12H. The Morgan fingerprint density at radius 1 is 0.833 bits per heavy atom. The van der Waals surface area contributed by atoms with E-state index >= 15 is 0 Å². The summed E-state index contributed by atoms with van der Waals surface area (Å²) >= 11 is 1.64. The van der Waals surface area contributed by atoms with E-state index in [1.807, 2.05) is 54.6 Å². The third kappa shape index (κ3) is 2.37. The molecule has 3 aromatic rings. The van der Waals surface area contributed by atoms with Gasteiger partial charge in [0.1, 0.15) is 5.76 Å². The molecule has 0 aliphatic heterocycles. The van der Waals surface area contributed by atoms with Gasteiger partial charge in [-0.2, -0.15) is 0 Å². The van der Waals surface area contributed by atoms with E-state index in [9.17, 15) is 0 Å². The van der Waals surface area contributed by atoms with Crippen molar-refractivity contribution in [3.05, 3.63) is 71.3 Å². The molecule has 2 heteroatoms. The molecule has 0 amide bonds. The average Bonchev–Trinajstić information content (AvgIpc) is 3.08. The zero-order valence-electron chi connectivity index (χ0n) is 9.59. The first-order chi connectivity index (χ1) is 8.92. The van der Waals surface area contributed by atoms with E-state index < -0.39 is 0 Å². The lowest BCUT2D eigenvalue weighted by molar-refractivity contribution is 0.584. The first-order valence-corrected chi connectivity index (χ1v) is 6.44. The fraction of sp³-hybridized carbons (Fsp3) is 0. The van der Waals surface area contributed by atoms with Crippen LogP contribution in [0, 0.1) is 11.8 Å². The molecule has 0 radical (unpaired) electrons. The highest BCUT2D eigenvalue weighted by atomic mass is 32.1. The van der Waals surface area contributed by atoms with Crippen LogP contribution in [0.2, 0.25) is 0 Å². The van der Waals surface area contributed by atoms with Crippen LogP contribution >= 0.6 is 11.3 Å². The Morgan fingerprint density at radius 3 is 2.50 bits per heavy atom. The second-order valence-corrected chi connectivity index (χ2v) is 4.84. The van der Waals surface area contributed by atoms with Crippen LogP contribution in [0.3, 0.4) is 0 Å². The van der Waals surface area contributed by atoms with Gasteiger partial charge in [-0.15, -0.1) is 11.3 Å². The maximum absolute atomic E-state index is 5.36. The number of thiophene rings is 1. The highest BCUT2D eigenvalue weighted by Gasteiger charge is 2.03. The van der Waals surface area contributed by atoms with Gasteiger partial charge in [-0.3, -0.25) is 0 Å². The Morgan fingerprint density at radius 2 is 1.72 bits per heavy atom. The molecule has 86 valence electrons. The number of benzene rings is 1. The highest BCUT2D eigenvalue weighted by Crippen LogP contribution is 2.27. The second-order valence-electron chi connectivity index (χ2n) is 3.76. The zero-order chi connectivity index (χ0) is 12.2.